The average molecular weight is 485 g/mol. The summed E-state index contributed by atoms with van der Waals surface area (Å²) < 4.78 is 5.39. The summed E-state index contributed by atoms with van der Waals surface area (Å²) >= 11 is 0. The van der Waals surface area contributed by atoms with Crippen LogP contribution in [0.25, 0.3) is 0 Å². The zero-order chi connectivity index (χ0) is 18.9. The van der Waals surface area contributed by atoms with Gasteiger partial charge in [-0.25, -0.2) is 0 Å². The van der Waals surface area contributed by atoms with E-state index < -0.39 is 0 Å². The molecule has 7 nitrogen and oxygen atoms in total. The van der Waals surface area contributed by atoms with E-state index in [1.54, 1.807) is 20.2 Å². The summed E-state index contributed by atoms with van der Waals surface area (Å²) in [6.07, 6.45) is 1.64. The number of aryl methyl sites for hydroxylation is 2. The van der Waals surface area contributed by atoms with E-state index >= 15 is 0 Å². The molecular weight excluding hydrogens is 457 g/mol. The SMILES string of the molecule is CCc1noc(CC)c1CNC(=NC)NCc1cccc(C(=O)NC)c1.I. The highest BCUT2D eigenvalue weighted by Crippen LogP contribution is 2.15. The third-order valence-electron chi connectivity index (χ3n) is 4.14. The van der Waals surface area contributed by atoms with Crippen molar-refractivity contribution >= 4 is 35.8 Å². The number of aliphatic imine (C=N–C) groups is 1. The van der Waals surface area contributed by atoms with E-state index in [0.29, 0.717) is 24.6 Å². The molecule has 1 amide bonds. The standard InChI is InChI=1S/C19H27N5O2.HI/c1-5-16-15(17(6-2)26-24-16)12-23-19(21-4)22-11-13-8-7-9-14(10-13)18(25)20-3;/h7-10H,5-6,11-12H2,1-4H3,(H,20,25)(H2,21,22,23);1H. The molecule has 8 heteroatoms. The van der Waals surface area contributed by atoms with Gasteiger partial charge in [0.25, 0.3) is 5.91 Å². The van der Waals surface area contributed by atoms with Gasteiger partial charge in [0.1, 0.15) is 5.76 Å². The molecule has 0 aliphatic rings. The van der Waals surface area contributed by atoms with Gasteiger partial charge in [0, 0.05) is 44.7 Å². The van der Waals surface area contributed by atoms with Crippen molar-refractivity contribution in [3.63, 3.8) is 0 Å². The lowest BCUT2D eigenvalue weighted by Gasteiger charge is -2.13. The molecule has 0 atom stereocenters. The lowest BCUT2D eigenvalue weighted by molar-refractivity contribution is 0.0963. The number of carbonyl (C=O) groups excluding carboxylic acids is 1. The summed E-state index contributed by atoms with van der Waals surface area (Å²) in [4.78, 5) is 16.0. The van der Waals surface area contributed by atoms with Crippen LogP contribution in [-0.4, -0.2) is 31.1 Å². The predicted molar refractivity (Wildman–Crippen MR) is 118 cm³/mol. The largest absolute Gasteiger partial charge is 0.361 e. The van der Waals surface area contributed by atoms with Gasteiger partial charge in [-0.3, -0.25) is 9.79 Å². The number of halogens is 1. The number of hydrogen-bond acceptors (Lipinski definition) is 4. The first-order valence-corrected chi connectivity index (χ1v) is 8.84. The molecule has 0 aliphatic heterocycles. The summed E-state index contributed by atoms with van der Waals surface area (Å²) in [6.45, 7) is 5.28. The minimum atomic E-state index is -0.0963. The third-order valence-corrected chi connectivity index (χ3v) is 4.14. The lowest BCUT2D eigenvalue weighted by atomic mass is 10.1. The molecule has 1 aromatic carbocycles. The van der Waals surface area contributed by atoms with Crippen LogP contribution >= 0.6 is 24.0 Å². The number of nitrogens with one attached hydrogen (secondary N) is 3. The van der Waals surface area contributed by atoms with Gasteiger partial charge in [0.2, 0.25) is 0 Å². The van der Waals surface area contributed by atoms with Crippen molar-refractivity contribution in [1.29, 1.82) is 0 Å². The van der Waals surface area contributed by atoms with E-state index in [-0.39, 0.29) is 29.9 Å². The number of nitrogens with zero attached hydrogens (tertiary/aromatic N) is 2. The second kappa shape index (κ2) is 11.6. The molecule has 0 aliphatic carbocycles. The molecule has 2 rings (SSSR count). The highest BCUT2D eigenvalue weighted by molar-refractivity contribution is 14.0. The molecule has 1 aromatic heterocycles. The molecule has 2 aromatic rings. The normalized spacial score (nSPS) is 10.9. The summed E-state index contributed by atoms with van der Waals surface area (Å²) in [5, 5.41) is 13.3. The van der Waals surface area contributed by atoms with Gasteiger partial charge in [-0.1, -0.05) is 31.1 Å². The van der Waals surface area contributed by atoms with Crippen LogP contribution in [0.1, 0.15) is 46.8 Å². The Labute approximate surface area is 177 Å². The smallest absolute Gasteiger partial charge is 0.251 e. The minimum absolute atomic E-state index is 0. The number of aromatic nitrogens is 1. The van der Waals surface area contributed by atoms with Crippen molar-refractivity contribution in [2.45, 2.75) is 39.8 Å². The number of hydrogen-bond donors (Lipinski definition) is 3. The van der Waals surface area contributed by atoms with Crippen LogP contribution in [0.15, 0.2) is 33.8 Å². The van der Waals surface area contributed by atoms with Crippen molar-refractivity contribution in [2.24, 2.45) is 4.99 Å². The molecule has 27 heavy (non-hydrogen) atoms. The van der Waals surface area contributed by atoms with Crippen LogP contribution in [-0.2, 0) is 25.9 Å². The maximum Gasteiger partial charge on any atom is 0.251 e. The molecule has 1 heterocycles. The van der Waals surface area contributed by atoms with Crippen molar-refractivity contribution < 1.29 is 9.32 Å². The van der Waals surface area contributed by atoms with Crippen LogP contribution in [0.3, 0.4) is 0 Å². The van der Waals surface area contributed by atoms with Crippen molar-refractivity contribution in [3.8, 4) is 0 Å². The zero-order valence-corrected chi connectivity index (χ0v) is 18.6. The Bertz CT molecular complexity index is 752. The van der Waals surface area contributed by atoms with E-state index in [1.165, 1.54) is 0 Å². The monoisotopic (exact) mass is 485 g/mol. The van der Waals surface area contributed by atoms with Gasteiger partial charge in [-0.05, 0) is 24.1 Å². The number of benzene rings is 1. The highest BCUT2D eigenvalue weighted by atomic mass is 127. The number of carbonyl (C=O) groups is 1. The van der Waals surface area contributed by atoms with Gasteiger partial charge in [0.05, 0.1) is 5.69 Å². The maximum absolute atomic E-state index is 11.7. The van der Waals surface area contributed by atoms with Gasteiger partial charge in [0.15, 0.2) is 5.96 Å². The number of guanidine groups is 1. The zero-order valence-electron chi connectivity index (χ0n) is 16.3. The van der Waals surface area contributed by atoms with Crippen LogP contribution in [0, 0.1) is 0 Å². The average Bonchev–Trinajstić information content (AvgIpc) is 3.09. The van der Waals surface area contributed by atoms with Crippen molar-refractivity contribution in [2.75, 3.05) is 14.1 Å². The molecule has 0 saturated carbocycles. The second-order valence-corrected chi connectivity index (χ2v) is 5.80. The Hall–Kier alpha value is -2.10. The maximum atomic E-state index is 11.7. The topological polar surface area (TPSA) is 91.6 Å². The molecular formula is C19H28IN5O2. The Morgan fingerprint density at radius 1 is 1.19 bits per heavy atom. The minimum Gasteiger partial charge on any atom is -0.361 e. The lowest BCUT2D eigenvalue weighted by Crippen LogP contribution is -2.36. The van der Waals surface area contributed by atoms with Crippen molar-refractivity contribution in [1.82, 2.24) is 21.1 Å². The van der Waals surface area contributed by atoms with Gasteiger partial charge >= 0.3 is 0 Å². The quantitative estimate of drug-likeness (QED) is 0.319. The fraction of sp³-hybridized carbons (Fsp3) is 0.421. The van der Waals surface area contributed by atoms with Crippen LogP contribution in [0.5, 0.6) is 0 Å². The Balaban J connectivity index is 0.00000364. The van der Waals surface area contributed by atoms with E-state index in [0.717, 1.165) is 35.4 Å². The summed E-state index contributed by atoms with van der Waals surface area (Å²) in [5.41, 5.74) is 3.71. The van der Waals surface area contributed by atoms with E-state index in [4.69, 9.17) is 4.52 Å². The molecule has 0 bridgehead atoms. The molecule has 0 unspecified atom stereocenters. The fourth-order valence-electron chi connectivity index (χ4n) is 2.68. The summed E-state index contributed by atoms with van der Waals surface area (Å²) in [5.74, 6) is 1.49. The highest BCUT2D eigenvalue weighted by Gasteiger charge is 2.13. The Morgan fingerprint density at radius 2 is 1.93 bits per heavy atom. The molecule has 0 fully saturated rings. The van der Waals surface area contributed by atoms with Crippen LogP contribution in [0.4, 0.5) is 0 Å². The van der Waals surface area contributed by atoms with E-state index in [1.807, 2.05) is 18.2 Å². The van der Waals surface area contributed by atoms with Gasteiger partial charge < -0.3 is 20.5 Å². The fourth-order valence-corrected chi connectivity index (χ4v) is 2.68. The Morgan fingerprint density at radius 3 is 2.56 bits per heavy atom. The van der Waals surface area contributed by atoms with Crippen LogP contribution in [0.2, 0.25) is 0 Å². The number of amides is 1. The van der Waals surface area contributed by atoms with Crippen LogP contribution < -0.4 is 16.0 Å². The van der Waals surface area contributed by atoms with E-state index in [9.17, 15) is 4.79 Å². The molecule has 0 spiro atoms. The van der Waals surface area contributed by atoms with Gasteiger partial charge in [-0.15, -0.1) is 24.0 Å². The van der Waals surface area contributed by atoms with Crippen molar-refractivity contribution in [3.05, 3.63) is 52.4 Å². The molecule has 0 radical (unpaired) electrons. The van der Waals surface area contributed by atoms with E-state index in [2.05, 4.69) is 39.9 Å². The van der Waals surface area contributed by atoms with Gasteiger partial charge in [-0.2, -0.15) is 0 Å². The molecule has 148 valence electrons. The first kappa shape index (κ1) is 22.9. The predicted octanol–water partition coefficient (Wildman–Crippen LogP) is 2.64. The first-order chi connectivity index (χ1) is 12.6. The number of rotatable bonds is 7. The first-order valence-electron chi connectivity index (χ1n) is 8.84. The summed E-state index contributed by atoms with van der Waals surface area (Å²) in [6, 6.07) is 7.50. The molecule has 3 N–H and O–H groups in total. The summed E-state index contributed by atoms with van der Waals surface area (Å²) in [7, 11) is 3.35. The Kier molecular flexibility index (Phi) is 9.84. The molecule has 0 saturated heterocycles. The second-order valence-electron chi connectivity index (χ2n) is 5.80. The third kappa shape index (κ3) is 6.23.